The summed E-state index contributed by atoms with van der Waals surface area (Å²) in [6, 6.07) is 9.36. The Balaban J connectivity index is 2.13. The Morgan fingerprint density at radius 2 is 1.90 bits per heavy atom. The lowest BCUT2D eigenvalue weighted by Gasteiger charge is -2.09. The molecule has 0 fully saturated rings. The molecule has 2 aromatic carbocycles. The average Bonchev–Trinajstić information content (AvgIpc) is 2.41. The van der Waals surface area contributed by atoms with Gasteiger partial charge in [0.1, 0.15) is 17.2 Å². The second kappa shape index (κ2) is 5.84. The summed E-state index contributed by atoms with van der Waals surface area (Å²) in [4.78, 5) is 12.0. The molecule has 0 aliphatic rings. The minimum absolute atomic E-state index is 0.0638. The van der Waals surface area contributed by atoms with Gasteiger partial charge in [0.15, 0.2) is 6.61 Å². The van der Waals surface area contributed by atoms with Gasteiger partial charge < -0.3 is 14.9 Å². The standard InChI is InChI=1S/C15H13ClO4/c1-9-6-10(13(18)7-12(9)17)14(19)8-20-15-5-3-2-4-11(15)16/h2-7,17-18H,8H2,1H3. The number of ketones is 1. The number of Topliss-reactive ketones (excluding diaryl/α,β-unsaturated/α-hetero) is 1. The number of hydrogen-bond donors (Lipinski definition) is 2. The molecule has 5 heteroatoms. The molecule has 0 heterocycles. The highest BCUT2D eigenvalue weighted by molar-refractivity contribution is 6.32. The van der Waals surface area contributed by atoms with Crippen LogP contribution in [0, 0.1) is 6.92 Å². The molecule has 0 aromatic heterocycles. The highest BCUT2D eigenvalue weighted by Crippen LogP contribution is 2.28. The third-order valence-corrected chi connectivity index (χ3v) is 3.12. The molecule has 4 nitrogen and oxygen atoms in total. The van der Waals surface area contributed by atoms with Crippen LogP contribution >= 0.6 is 11.6 Å². The van der Waals surface area contributed by atoms with Crippen molar-refractivity contribution in [2.75, 3.05) is 6.61 Å². The summed E-state index contributed by atoms with van der Waals surface area (Å²) in [5.74, 6) is -0.338. The van der Waals surface area contributed by atoms with Crippen molar-refractivity contribution in [3.63, 3.8) is 0 Å². The molecular formula is C15H13ClO4. The van der Waals surface area contributed by atoms with Crippen molar-refractivity contribution in [1.82, 2.24) is 0 Å². The Hall–Kier alpha value is -2.20. The summed E-state index contributed by atoms with van der Waals surface area (Å²) in [5.41, 5.74) is 0.608. The van der Waals surface area contributed by atoms with E-state index in [-0.39, 0.29) is 23.7 Å². The number of aryl methyl sites for hydroxylation is 1. The van der Waals surface area contributed by atoms with E-state index in [0.717, 1.165) is 6.07 Å². The monoisotopic (exact) mass is 292 g/mol. The van der Waals surface area contributed by atoms with E-state index in [1.807, 2.05) is 0 Å². The van der Waals surface area contributed by atoms with Crippen LogP contribution in [0.25, 0.3) is 0 Å². The maximum atomic E-state index is 12.0. The number of hydrogen-bond acceptors (Lipinski definition) is 4. The molecular weight excluding hydrogens is 280 g/mol. The Bertz CT molecular complexity index is 652. The van der Waals surface area contributed by atoms with Gasteiger partial charge in [-0.15, -0.1) is 0 Å². The number of para-hydroxylation sites is 1. The van der Waals surface area contributed by atoms with Gasteiger partial charge in [0, 0.05) is 6.07 Å². The fourth-order valence-corrected chi connectivity index (χ4v) is 1.88. The minimum atomic E-state index is -0.398. The van der Waals surface area contributed by atoms with Gasteiger partial charge in [-0.25, -0.2) is 0 Å². The van der Waals surface area contributed by atoms with Crippen molar-refractivity contribution in [1.29, 1.82) is 0 Å². The van der Waals surface area contributed by atoms with Crippen molar-refractivity contribution in [3.05, 3.63) is 52.5 Å². The summed E-state index contributed by atoms with van der Waals surface area (Å²) >= 11 is 5.91. The number of phenolic OH excluding ortho intramolecular Hbond substituents is 2. The third-order valence-electron chi connectivity index (χ3n) is 2.81. The van der Waals surface area contributed by atoms with E-state index in [9.17, 15) is 15.0 Å². The summed E-state index contributed by atoms with van der Waals surface area (Å²) < 4.78 is 5.32. The number of aromatic hydroxyl groups is 2. The van der Waals surface area contributed by atoms with Crippen molar-refractivity contribution in [3.8, 4) is 17.2 Å². The van der Waals surface area contributed by atoms with Gasteiger partial charge in [-0.3, -0.25) is 4.79 Å². The topological polar surface area (TPSA) is 66.8 Å². The molecule has 2 N–H and O–H groups in total. The van der Waals surface area contributed by atoms with Crippen LogP contribution in [0.15, 0.2) is 36.4 Å². The SMILES string of the molecule is Cc1cc(C(=O)COc2ccccc2Cl)c(O)cc1O. The van der Waals surface area contributed by atoms with E-state index < -0.39 is 5.78 Å². The number of carbonyl (C=O) groups is 1. The molecule has 0 unspecified atom stereocenters. The highest BCUT2D eigenvalue weighted by Gasteiger charge is 2.15. The minimum Gasteiger partial charge on any atom is -0.508 e. The van der Waals surface area contributed by atoms with Gasteiger partial charge in [0.25, 0.3) is 0 Å². The number of rotatable bonds is 4. The Morgan fingerprint density at radius 1 is 1.20 bits per heavy atom. The lowest BCUT2D eigenvalue weighted by molar-refractivity contribution is 0.0919. The van der Waals surface area contributed by atoms with Crippen LogP contribution in [0.2, 0.25) is 5.02 Å². The molecule has 2 aromatic rings. The van der Waals surface area contributed by atoms with Gasteiger partial charge in [0.2, 0.25) is 5.78 Å². The number of benzene rings is 2. The quantitative estimate of drug-likeness (QED) is 0.848. The second-order valence-corrected chi connectivity index (χ2v) is 4.71. The molecule has 2 rings (SSSR count). The first kappa shape index (κ1) is 14.2. The lowest BCUT2D eigenvalue weighted by atomic mass is 10.1. The molecule has 0 aliphatic heterocycles. The summed E-state index contributed by atoms with van der Waals surface area (Å²) in [7, 11) is 0. The van der Waals surface area contributed by atoms with Gasteiger partial charge in [-0.1, -0.05) is 23.7 Å². The molecule has 0 amide bonds. The van der Waals surface area contributed by atoms with Crippen LogP contribution in [0.1, 0.15) is 15.9 Å². The zero-order valence-corrected chi connectivity index (χ0v) is 11.5. The van der Waals surface area contributed by atoms with E-state index in [0.29, 0.717) is 16.3 Å². The van der Waals surface area contributed by atoms with Crippen LogP contribution in [-0.4, -0.2) is 22.6 Å². The fraction of sp³-hybridized carbons (Fsp3) is 0.133. The molecule has 0 aliphatic carbocycles. The first-order chi connectivity index (χ1) is 9.49. The Labute approximate surface area is 121 Å². The molecule has 0 saturated carbocycles. The number of carbonyl (C=O) groups excluding carboxylic acids is 1. The third kappa shape index (κ3) is 3.03. The molecule has 0 bridgehead atoms. The van der Waals surface area contributed by atoms with Crippen LogP contribution in [-0.2, 0) is 0 Å². The van der Waals surface area contributed by atoms with Crippen molar-refractivity contribution >= 4 is 17.4 Å². The van der Waals surface area contributed by atoms with Crippen LogP contribution < -0.4 is 4.74 Å². The van der Waals surface area contributed by atoms with E-state index in [1.54, 1.807) is 31.2 Å². The Kier molecular flexibility index (Phi) is 4.15. The van der Waals surface area contributed by atoms with Crippen molar-refractivity contribution in [2.45, 2.75) is 6.92 Å². The molecule has 104 valence electrons. The lowest BCUT2D eigenvalue weighted by Crippen LogP contribution is -2.12. The van der Waals surface area contributed by atoms with Crippen LogP contribution in [0.5, 0.6) is 17.2 Å². The molecule has 0 spiro atoms. The second-order valence-electron chi connectivity index (χ2n) is 4.30. The zero-order chi connectivity index (χ0) is 14.7. The van der Waals surface area contributed by atoms with Gasteiger partial charge in [0.05, 0.1) is 10.6 Å². The Morgan fingerprint density at radius 3 is 2.60 bits per heavy atom. The summed E-state index contributed by atoms with van der Waals surface area (Å²) in [6.07, 6.45) is 0. The van der Waals surface area contributed by atoms with E-state index in [1.165, 1.54) is 6.07 Å². The number of phenols is 2. The number of halogens is 1. The summed E-state index contributed by atoms with van der Waals surface area (Å²) in [6.45, 7) is 1.39. The molecule has 0 atom stereocenters. The van der Waals surface area contributed by atoms with Crippen molar-refractivity contribution in [2.24, 2.45) is 0 Å². The predicted molar refractivity (Wildman–Crippen MR) is 75.8 cm³/mol. The molecule has 0 radical (unpaired) electrons. The molecule has 0 saturated heterocycles. The van der Waals surface area contributed by atoms with Crippen LogP contribution in [0.3, 0.4) is 0 Å². The maximum absolute atomic E-state index is 12.0. The van der Waals surface area contributed by atoms with Gasteiger partial charge in [-0.2, -0.15) is 0 Å². The van der Waals surface area contributed by atoms with Crippen LogP contribution in [0.4, 0.5) is 0 Å². The van der Waals surface area contributed by atoms with Crippen molar-refractivity contribution < 1.29 is 19.7 Å². The van der Waals surface area contributed by atoms with E-state index >= 15 is 0 Å². The highest BCUT2D eigenvalue weighted by atomic mass is 35.5. The maximum Gasteiger partial charge on any atom is 0.203 e. The number of ether oxygens (including phenoxy) is 1. The molecule has 20 heavy (non-hydrogen) atoms. The first-order valence-corrected chi connectivity index (χ1v) is 6.30. The first-order valence-electron chi connectivity index (χ1n) is 5.92. The smallest absolute Gasteiger partial charge is 0.203 e. The normalized spacial score (nSPS) is 10.3. The van der Waals surface area contributed by atoms with E-state index in [4.69, 9.17) is 16.3 Å². The van der Waals surface area contributed by atoms with Gasteiger partial charge >= 0.3 is 0 Å². The largest absolute Gasteiger partial charge is 0.508 e. The van der Waals surface area contributed by atoms with Gasteiger partial charge in [-0.05, 0) is 30.7 Å². The van der Waals surface area contributed by atoms with E-state index in [2.05, 4.69) is 0 Å². The summed E-state index contributed by atoms with van der Waals surface area (Å²) in [5, 5.41) is 19.5. The predicted octanol–water partition coefficient (Wildman–Crippen LogP) is 3.32. The average molecular weight is 293 g/mol. The fourth-order valence-electron chi connectivity index (χ4n) is 1.69. The zero-order valence-electron chi connectivity index (χ0n) is 10.8.